The van der Waals surface area contributed by atoms with Gasteiger partial charge in [0.15, 0.2) is 5.82 Å². The van der Waals surface area contributed by atoms with Crippen molar-refractivity contribution in [3.05, 3.63) is 53.9 Å². The van der Waals surface area contributed by atoms with Gasteiger partial charge in [0.25, 0.3) is 0 Å². The van der Waals surface area contributed by atoms with E-state index in [0.717, 1.165) is 5.56 Å². The molecule has 1 aliphatic heterocycles. The minimum atomic E-state index is -0.306. The number of rotatable bonds is 5. The van der Waals surface area contributed by atoms with Gasteiger partial charge in [0.2, 0.25) is 11.1 Å². The lowest BCUT2D eigenvalue weighted by Crippen LogP contribution is -2.50. The molecule has 1 aliphatic rings. The van der Waals surface area contributed by atoms with E-state index in [9.17, 15) is 4.79 Å². The van der Waals surface area contributed by atoms with Gasteiger partial charge in [0.05, 0.1) is 17.5 Å². The number of hydrogen-bond donors (Lipinski definition) is 1. The molecule has 1 fully saturated rings. The molecule has 158 valence electrons. The summed E-state index contributed by atoms with van der Waals surface area (Å²) in [6.45, 7) is 7.08. The zero-order valence-electron chi connectivity index (χ0n) is 17.5. The van der Waals surface area contributed by atoms with E-state index < -0.39 is 0 Å². The fourth-order valence-corrected chi connectivity index (χ4v) is 4.82. The normalized spacial score (nSPS) is 20.4. The quantitative estimate of drug-likeness (QED) is 0.500. The summed E-state index contributed by atoms with van der Waals surface area (Å²) in [5.41, 5.74) is 1.14. The van der Waals surface area contributed by atoms with Crippen molar-refractivity contribution in [1.29, 1.82) is 0 Å². The third-order valence-electron chi connectivity index (χ3n) is 5.32. The van der Waals surface area contributed by atoms with Crippen LogP contribution in [0.1, 0.15) is 32.2 Å². The number of nitrogens with zero attached hydrogens (tertiary/aromatic N) is 4. The fourth-order valence-electron chi connectivity index (χ4n) is 3.95. The van der Waals surface area contributed by atoms with Gasteiger partial charge in [0, 0.05) is 19.5 Å². The predicted octanol–water partition coefficient (Wildman–Crippen LogP) is 2.85. The Morgan fingerprint density at radius 3 is 2.63 bits per heavy atom. The first-order valence-corrected chi connectivity index (χ1v) is 11.1. The van der Waals surface area contributed by atoms with E-state index in [1.54, 1.807) is 0 Å². The maximum absolute atomic E-state index is 12.9. The first-order chi connectivity index (χ1) is 14.4. The Morgan fingerprint density at radius 2 is 1.87 bits per heavy atom. The number of amides is 1. The van der Waals surface area contributed by atoms with Crippen LogP contribution in [0.3, 0.4) is 0 Å². The van der Waals surface area contributed by atoms with Crippen LogP contribution in [0, 0.1) is 0 Å². The molecule has 0 radical (unpaired) electrons. The van der Waals surface area contributed by atoms with Crippen LogP contribution < -0.4 is 5.84 Å². The number of benzene rings is 2. The second-order valence-corrected chi connectivity index (χ2v) is 9.15. The minimum Gasteiger partial charge on any atom is -0.372 e. The first kappa shape index (κ1) is 20.7. The van der Waals surface area contributed by atoms with E-state index in [2.05, 4.69) is 34.5 Å². The maximum atomic E-state index is 12.9. The summed E-state index contributed by atoms with van der Waals surface area (Å²) in [5.74, 6) is 7.03. The Hall–Kier alpha value is -2.58. The van der Waals surface area contributed by atoms with Crippen molar-refractivity contribution >= 4 is 28.4 Å². The summed E-state index contributed by atoms with van der Waals surface area (Å²) < 4.78 is 7.23. The Morgan fingerprint density at radius 1 is 1.17 bits per heavy atom. The van der Waals surface area contributed by atoms with Crippen LogP contribution in [0.25, 0.3) is 10.8 Å². The Balaban J connectivity index is 1.47. The summed E-state index contributed by atoms with van der Waals surface area (Å²) >= 11 is 1.34. The van der Waals surface area contributed by atoms with Crippen LogP contribution in [-0.4, -0.2) is 56.2 Å². The number of carbonyl (C=O) groups is 1. The van der Waals surface area contributed by atoms with Gasteiger partial charge in [-0.05, 0) is 37.1 Å². The van der Waals surface area contributed by atoms with E-state index in [1.165, 1.54) is 27.2 Å². The standard InChI is InChI=1S/C22H27N5O2S/c1-14-12-26(13-15(2)29-14)21(28)16(3)30-22-25-24-20(27(22)23)11-18-9-6-8-17-7-4-5-10-19(17)18/h4-10,14-16H,11-13,23H2,1-3H3/t14-,15-,16+/m0/s1. The summed E-state index contributed by atoms with van der Waals surface area (Å²) in [7, 11) is 0. The molecule has 3 aromatic rings. The number of thioether (sulfide) groups is 1. The second kappa shape index (κ2) is 8.65. The molecule has 30 heavy (non-hydrogen) atoms. The van der Waals surface area contributed by atoms with E-state index in [-0.39, 0.29) is 23.4 Å². The molecule has 0 spiro atoms. The lowest BCUT2D eigenvalue weighted by molar-refractivity contribution is -0.142. The molecule has 0 unspecified atom stereocenters. The molecule has 0 saturated carbocycles. The Kier molecular flexibility index (Phi) is 5.97. The molecule has 8 heteroatoms. The van der Waals surface area contributed by atoms with Crippen LogP contribution in [0.5, 0.6) is 0 Å². The summed E-state index contributed by atoms with van der Waals surface area (Å²) in [4.78, 5) is 14.8. The Bertz CT molecular complexity index is 1040. The molecule has 1 aromatic heterocycles. The lowest BCUT2D eigenvalue weighted by atomic mass is 10.0. The van der Waals surface area contributed by atoms with Gasteiger partial charge < -0.3 is 15.5 Å². The molecule has 0 bridgehead atoms. The topological polar surface area (TPSA) is 86.3 Å². The van der Waals surface area contributed by atoms with Crippen LogP contribution in [-0.2, 0) is 16.0 Å². The zero-order chi connectivity index (χ0) is 21.3. The molecule has 2 aromatic carbocycles. The number of nitrogen functional groups attached to an aromatic ring is 1. The molecule has 3 atom stereocenters. The van der Waals surface area contributed by atoms with Gasteiger partial charge in [-0.15, -0.1) is 10.2 Å². The smallest absolute Gasteiger partial charge is 0.236 e. The highest BCUT2D eigenvalue weighted by atomic mass is 32.2. The molecular weight excluding hydrogens is 398 g/mol. The monoisotopic (exact) mass is 425 g/mol. The number of fused-ring (bicyclic) bond motifs is 1. The third kappa shape index (κ3) is 4.29. The molecule has 4 rings (SSSR count). The number of nitrogens with two attached hydrogens (primary N) is 1. The fraction of sp³-hybridized carbons (Fsp3) is 0.409. The Labute approximate surface area is 180 Å². The highest BCUT2D eigenvalue weighted by molar-refractivity contribution is 8.00. The van der Waals surface area contributed by atoms with Crippen molar-refractivity contribution in [3.8, 4) is 0 Å². The molecular formula is C22H27N5O2S. The van der Waals surface area contributed by atoms with E-state index >= 15 is 0 Å². The molecule has 1 saturated heterocycles. The highest BCUT2D eigenvalue weighted by Gasteiger charge is 2.30. The molecule has 7 nitrogen and oxygen atoms in total. The average molecular weight is 426 g/mol. The van der Waals surface area contributed by atoms with Crippen LogP contribution in [0.4, 0.5) is 0 Å². The van der Waals surface area contributed by atoms with Crippen LogP contribution >= 0.6 is 11.8 Å². The van der Waals surface area contributed by atoms with Crippen molar-refractivity contribution in [2.24, 2.45) is 0 Å². The van der Waals surface area contributed by atoms with Gasteiger partial charge in [-0.2, -0.15) is 0 Å². The predicted molar refractivity (Wildman–Crippen MR) is 119 cm³/mol. The minimum absolute atomic E-state index is 0.0420. The van der Waals surface area contributed by atoms with Crippen LogP contribution in [0.15, 0.2) is 47.6 Å². The number of morpholine rings is 1. The largest absolute Gasteiger partial charge is 0.372 e. The lowest BCUT2D eigenvalue weighted by Gasteiger charge is -2.36. The number of ether oxygens (including phenoxy) is 1. The van der Waals surface area contributed by atoms with Crippen molar-refractivity contribution < 1.29 is 9.53 Å². The van der Waals surface area contributed by atoms with Crippen molar-refractivity contribution in [3.63, 3.8) is 0 Å². The van der Waals surface area contributed by atoms with Crippen LogP contribution in [0.2, 0.25) is 0 Å². The summed E-state index contributed by atoms with van der Waals surface area (Å²) in [5, 5.41) is 11.1. The highest BCUT2D eigenvalue weighted by Crippen LogP contribution is 2.25. The van der Waals surface area contributed by atoms with Gasteiger partial charge in [-0.3, -0.25) is 4.79 Å². The van der Waals surface area contributed by atoms with Gasteiger partial charge in [-0.1, -0.05) is 54.2 Å². The first-order valence-electron chi connectivity index (χ1n) is 10.2. The molecule has 2 heterocycles. The van der Waals surface area contributed by atoms with Gasteiger partial charge in [0.1, 0.15) is 0 Å². The molecule has 0 aliphatic carbocycles. The van der Waals surface area contributed by atoms with E-state index in [0.29, 0.717) is 30.5 Å². The second-order valence-electron chi connectivity index (χ2n) is 7.84. The van der Waals surface area contributed by atoms with E-state index in [4.69, 9.17) is 10.6 Å². The maximum Gasteiger partial charge on any atom is 0.236 e. The van der Waals surface area contributed by atoms with E-state index in [1.807, 2.05) is 43.9 Å². The number of aromatic nitrogens is 3. The zero-order valence-corrected chi connectivity index (χ0v) is 18.3. The van der Waals surface area contributed by atoms with Crippen molar-refractivity contribution in [1.82, 2.24) is 19.8 Å². The summed E-state index contributed by atoms with van der Waals surface area (Å²) in [6.07, 6.45) is 0.660. The van der Waals surface area contributed by atoms with Gasteiger partial charge >= 0.3 is 0 Å². The van der Waals surface area contributed by atoms with Crippen molar-refractivity contribution in [2.75, 3.05) is 18.9 Å². The SMILES string of the molecule is C[C@H]1CN(C(=O)[C@@H](C)Sc2nnc(Cc3cccc4ccccc34)n2N)C[C@H](C)O1. The molecule has 1 amide bonds. The molecule has 2 N–H and O–H groups in total. The number of hydrogen-bond acceptors (Lipinski definition) is 6. The average Bonchev–Trinajstić information content (AvgIpc) is 3.06. The van der Waals surface area contributed by atoms with Gasteiger partial charge in [-0.25, -0.2) is 4.68 Å². The summed E-state index contributed by atoms with van der Waals surface area (Å²) in [6, 6.07) is 14.5. The van der Waals surface area contributed by atoms with Crippen molar-refractivity contribution in [2.45, 2.75) is 49.8 Å². The number of carbonyl (C=O) groups excluding carboxylic acids is 1. The third-order valence-corrected chi connectivity index (χ3v) is 6.37.